The van der Waals surface area contributed by atoms with Crippen LogP contribution in [-0.4, -0.2) is 19.3 Å². The Balaban J connectivity index is 1.92. The lowest BCUT2D eigenvalue weighted by atomic mass is 10.2. The van der Waals surface area contributed by atoms with Crippen molar-refractivity contribution in [2.24, 2.45) is 7.05 Å². The minimum Gasteiger partial charge on any atom is -0.399 e. The van der Waals surface area contributed by atoms with Gasteiger partial charge in [0.05, 0.1) is 23.4 Å². The fourth-order valence-electron chi connectivity index (χ4n) is 2.19. The molecule has 20 heavy (non-hydrogen) atoms. The van der Waals surface area contributed by atoms with Crippen molar-refractivity contribution in [1.29, 1.82) is 0 Å². The molecule has 6 nitrogen and oxygen atoms in total. The lowest BCUT2D eigenvalue weighted by Crippen LogP contribution is -2.21. The number of rotatable bonds is 3. The normalized spacial score (nSPS) is 11.1. The van der Waals surface area contributed by atoms with Crippen LogP contribution < -0.4 is 11.3 Å². The zero-order valence-corrected chi connectivity index (χ0v) is 11.2. The predicted molar refractivity (Wildman–Crippen MR) is 77.3 cm³/mol. The highest BCUT2D eigenvalue weighted by Gasteiger charge is 2.05. The van der Waals surface area contributed by atoms with Crippen LogP contribution >= 0.6 is 0 Å². The Kier molecular flexibility index (Phi) is 2.98. The van der Waals surface area contributed by atoms with Gasteiger partial charge in [-0.15, -0.1) is 0 Å². The molecule has 0 bridgehead atoms. The van der Waals surface area contributed by atoms with Gasteiger partial charge in [-0.25, -0.2) is 4.98 Å². The van der Waals surface area contributed by atoms with Crippen LogP contribution in [0.15, 0.2) is 41.7 Å². The Labute approximate surface area is 115 Å². The summed E-state index contributed by atoms with van der Waals surface area (Å²) in [6.07, 6.45) is 6.06. The number of nitrogen functional groups attached to an aromatic ring is 1. The fourth-order valence-corrected chi connectivity index (χ4v) is 2.19. The number of aromatic nitrogens is 4. The maximum absolute atomic E-state index is 12.4. The van der Waals surface area contributed by atoms with Crippen molar-refractivity contribution >= 4 is 16.6 Å². The van der Waals surface area contributed by atoms with E-state index in [1.807, 2.05) is 13.2 Å². The fraction of sp³-hybridized carbons (Fsp3) is 0.214. The molecule has 2 aromatic heterocycles. The van der Waals surface area contributed by atoms with E-state index < -0.39 is 0 Å². The average molecular weight is 269 g/mol. The van der Waals surface area contributed by atoms with E-state index in [4.69, 9.17) is 5.73 Å². The summed E-state index contributed by atoms with van der Waals surface area (Å²) >= 11 is 0. The van der Waals surface area contributed by atoms with Crippen LogP contribution in [0.3, 0.4) is 0 Å². The van der Waals surface area contributed by atoms with Gasteiger partial charge in [-0.3, -0.25) is 14.0 Å². The van der Waals surface area contributed by atoms with Gasteiger partial charge in [0.15, 0.2) is 0 Å². The predicted octanol–water partition coefficient (Wildman–Crippen LogP) is 0.955. The van der Waals surface area contributed by atoms with Gasteiger partial charge in [0.2, 0.25) is 0 Å². The van der Waals surface area contributed by atoms with Crippen molar-refractivity contribution in [3.63, 3.8) is 0 Å². The number of aryl methyl sites for hydroxylation is 3. The van der Waals surface area contributed by atoms with Crippen LogP contribution in [0.1, 0.15) is 5.56 Å². The van der Waals surface area contributed by atoms with Crippen molar-refractivity contribution in [2.45, 2.75) is 13.0 Å². The van der Waals surface area contributed by atoms with E-state index in [0.29, 0.717) is 23.1 Å². The quantitative estimate of drug-likeness (QED) is 0.718. The Bertz CT molecular complexity index is 818. The van der Waals surface area contributed by atoms with Crippen LogP contribution in [0.25, 0.3) is 10.9 Å². The second-order valence-electron chi connectivity index (χ2n) is 4.79. The zero-order chi connectivity index (χ0) is 14.1. The Morgan fingerprint density at radius 3 is 2.95 bits per heavy atom. The van der Waals surface area contributed by atoms with Crippen LogP contribution in [0.5, 0.6) is 0 Å². The molecule has 0 amide bonds. The average Bonchev–Trinajstić information content (AvgIpc) is 2.84. The number of fused-ring (bicyclic) bond motifs is 1. The lowest BCUT2D eigenvalue weighted by molar-refractivity contribution is 0.662. The Morgan fingerprint density at radius 1 is 1.35 bits per heavy atom. The van der Waals surface area contributed by atoms with Crippen LogP contribution in [0.2, 0.25) is 0 Å². The second kappa shape index (κ2) is 4.80. The largest absolute Gasteiger partial charge is 0.399 e. The number of nitrogens with zero attached hydrogens (tertiary/aromatic N) is 4. The molecule has 0 fully saturated rings. The molecule has 0 saturated carbocycles. The Morgan fingerprint density at radius 2 is 2.20 bits per heavy atom. The maximum atomic E-state index is 12.4. The molecule has 0 atom stereocenters. The summed E-state index contributed by atoms with van der Waals surface area (Å²) in [7, 11) is 1.87. The van der Waals surface area contributed by atoms with E-state index in [-0.39, 0.29) is 5.56 Å². The van der Waals surface area contributed by atoms with Gasteiger partial charge in [0.25, 0.3) is 5.56 Å². The van der Waals surface area contributed by atoms with E-state index in [0.717, 1.165) is 12.0 Å². The van der Waals surface area contributed by atoms with Crippen molar-refractivity contribution in [3.8, 4) is 0 Å². The molecule has 6 heteroatoms. The number of hydrogen-bond donors (Lipinski definition) is 1. The molecule has 102 valence electrons. The summed E-state index contributed by atoms with van der Waals surface area (Å²) in [5.74, 6) is 0. The molecule has 0 aliphatic heterocycles. The van der Waals surface area contributed by atoms with E-state index in [1.54, 1.807) is 40.0 Å². The molecular formula is C14H15N5O. The third kappa shape index (κ3) is 2.27. The monoisotopic (exact) mass is 269 g/mol. The van der Waals surface area contributed by atoms with Gasteiger partial charge in [0.1, 0.15) is 0 Å². The smallest absolute Gasteiger partial charge is 0.261 e. The number of nitrogens with two attached hydrogens (primary N) is 1. The highest BCUT2D eigenvalue weighted by atomic mass is 16.1. The minimum absolute atomic E-state index is 0.0637. The highest BCUT2D eigenvalue weighted by molar-refractivity contribution is 5.80. The van der Waals surface area contributed by atoms with Crippen molar-refractivity contribution < 1.29 is 0 Å². The first-order valence-corrected chi connectivity index (χ1v) is 6.36. The van der Waals surface area contributed by atoms with Gasteiger partial charge in [0, 0.05) is 25.5 Å². The third-order valence-electron chi connectivity index (χ3n) is 3.25. The van der Waals surface area contributed by atoms with E-state index >= 15 is 0 Å². The van der Waals surface area contributed by atoms with Crippen LogP contribution in [0.4, 0.5) is 5.69 Å². The SMILES string of the molecule is Cn1cc(CCn2cnc3ccc(N)cc3c2=O)cn1. The molecule has 0 radical (unpaired) electrons. The lowest BCUT2D eigenvalue weighted by Gasteiger charge is -2.06. The van der Waals surface area contributed by atoms with Crippen molar-refractivity contribution in [3.05, 3.63) is 52.8 Å². The topological polar surface area (TPSA) is 78.7 Å². The molecule has 0 unspecified atom stereocenters. The number of hydrogen-bond acceptors (Lipinski definition) is 4. The molecule has 3 aromatic rings. The van der Waals surface area contributed by atoms with Gasteiger partial charge in [-0.2, -0.15) is 5.10 Å². The van der Waals surface area contributed by atoms with E-state index in [1.165, 1.54) is 0 Å². The van der Waals surface area contributed by atoms with Crippen molar-refractivity contribution in [2.75, 3.05) is 5.73 Å². The summed E-state index contributed by atoms with van der Waals surface area (Å²) in [5, 5.41) is 4.66. The van der Waals surface area contributed by atoms with Crippen LogP contribution in [-0.2, 0) is 20.0 Å². The van der Waals surface area contributed by atoms with Crippen molar-refractivity contribution in [1.82, 2.24) is 19.3 Å². The van der Waals surface area contributed by atoms with E-state index in [2.05, 4.69) is 10.1 Å². The Hall–Kier alpha value is -2.63. The summed E-state index contributed by atoms with van der Waals surface area (Å²) in [6.45, 7) is 0.572. The van der Waals surface area contributed by atoms with Crippen LogP contribution in [0, 0.1) is 0 Å². The summed E-state index contributed by atoms with van der Waals surface area (Å²) in [6, 6.07) is 5.18. The van der Waals surface area contributed by atoms with Gasteiger partial charge < -0.3 is 5.73 Å². The molecular weight excluding hydrogens is 254 g/mol. The maximum Gasteiger partial charge on any atom is 0.261 e. The van der Waals surface area contributed by atoms with Gasteiger partial charge in [-0.05, 0) is 30.2 Å². The number of anilines is 1. The standard InChI is InChI=1S/C14H15N5O/c1-18-8-10(7-17-18)4-5-19-9-16-13-3-2-11(15)6-12(13)14(19)20/h2-3,6-9H,4-5,15H2,1H3. The first-order chi connectivity index (χ1) is 9.63. The molecule has 2 heterocycles. The number of benzene rings is 1. The highest BCUT2D eigenvalue weighted by Crippen LogP contribution is 2.11. The molecule has 0 aliphatic rings. The second-order valence-corrected chi connectivity index (χ2v) is 4.79. The van der Waals surface area contributed by atoms with E-state index in [9.17, 15) is 4.79 Å². The molecule has 3 rings (SSSR count). The molecule has 0 spiro atoms. The molecule has 2 N–H and O–H groups in total. The first kappa shape index (κ1) is 12.4. The summed E-state index contributed by atoms with van der Waals surface area (Å²) < 4.78 is 3.35. The molecule has 0 aliphatic carbocycles. The zero-order valence-electron chi connectivity index (χ0n) is 11.2. The first-order valence-electron chi connectivity index (χ1n) is 6.36. The summed E-state index contributed by atoms with van der Waals surface area (Å²) in [5.41, 5.74) is 7.99. The minimum atomic E-state index is -0.0637. The molecule has 1 aromatic carbocycles. The molecule has 0 saturated heterocycles. The third-order valence-corrected chi connectivity index (χ3v) is 3.25. The van der Waals surface area contributed by atoms with Gasteiger partial charge >= 0.3 is 0 Å². The van der Waals surface area contributed by atoms with Gasteiger partial charge in [-0.1, -0.05) is 0 Å². The summed E-state index contributed by atoms with van der Waals surface area (Å²) in [4.78, 5) is 16.6.